The highest BCUT2D eigenvalue weighted by molar-refractivity contribution is 9.08. The molecular formula is C23H17BrO. The summed E-state index contributed by atoms with van der Waals surface area (Å²) >= 11 is 3.68. The summed E-state index contributed by atoms with van der Waals surface area (Å²) in [4.78, 5) is 0. The van der Waals surface area contributed by atoms with Crippen LogP contribution >= 0.6 is 15.9 Å². The topological polar surface area (TPSA) is 13.1 Å². The van der Waals surface area contributed by atoms with Crippen LogP contribution < -0.4 is 0 Å². The van der Waals surface area contributed by atoms with E-state index in [9.17, 15) is 0 Å². The van der Waals surface area contributed by atoms with Crippen LogP contribution in [0.15, 0.2) is 95.4 Å². The Labute approximate surface area is 156 Å². The molecule has 2 heteroatoms. The Morgan fingerprint density at radius 3 is 1.48 bits per heavy atom. The van der Waals surface area contributed by atoms with Gasteiger partial charge in [0.05, 0.1) is 0 Å². The van der Waals surface area contributed by atoms with Gasteiger partial charge in [0.1, 0.15) is 11.5 Å². The van der Waals surface area contributed by atoms with Crippen LogP contribution in [0, 0.1) is 0 Å². The molecule has 0 radical (unpaired) electrons. The second-order valence-electron chi connectivity index (χ2n) is 5.85. The third-order valence-electron chi connectivity index (χ3n) is 4.28. The van der Waals surface area contributed by atoms with E-state index in [-0.39, 0.29) is 0 Å². The van der Waals surface area contributed by atoms with Crippen molar-refractivity contribution in [2.24, 2.45) is 0 Å². The summed E-state index contributed by atoms with van der Waals surface area (Å²) in [6.45, 7) is 0. The maximum absolute atomic E-state index is 6.43. The lowest BCUT2D eigenvalue weighted by Gasteiger charge is -2.05. The van der Waals surface area contributed by atoms with Crippen LogP contribution in [-0.2, 0) is 5.33 Å². The van der Waals surface area contributed by atoms with E-state index in [2.05, 4.69) is 64.5 Å². The zero-order valence-corrected chi connectivity index (χ0v) is 15.2. The largest absolute Gasteiger partial charge is 0.455 e. The van der Waals surface area contributed by atoms with E-state index in [4.69, 9.17) is 4.42 Å². The van der Waals surface area contributed by atoms with Gasteiger partial charge in [0, 0.05) is 27.6 Å². The minimum Gasteiger partial charge on any atom is -0.455 e. The van der Waals surface area contributed by atoms with Gasteiger partial charge in [0.15, 0.2) is 0 Å². The predicted octanol–water partition coefficient (Wildman–Crippen LogP) is 7.18. The molecule has 3 aromatic carbocycles. The molecule has 4 aromatic rings. The molecule has 0 fully saturated rings. The zero-order valence-electron chi connectivity index (χ0n) is 13.7. The fourth-order valence-electron chi connectivity index (χ4n) is 3.12. The van der Waals surface area contributed by atoms with Crippen LogP contribution in [0.2, 0.25) is 0 Å². The van der Waals surface area contributed by atoms with Gasteiger partial charge in [-0.15, -0.1) is 0 Å². The van der Waals surface area contributed by atoms with Crippen molar-refractivity contribution in [3.8, 4) is 33.8 Å². The Bertz CT molecular complexity index is 957. The van der Waals surface area contributed by atoms with Crippen molar-refractivity contribution in [2.45, 2.75) is 5.33 Å². The highest BCUT2D eigenvalue weighted by Crippen LogP contribution is 2.43. The van der Waals surface area contributed by atoms with Crippen LogP contribution in [0.1, 0.15) is 5.56 Å². The molecule has 1 nitrogen and oxygen atoms in total. The summed E-state index contributed by atoms with van der Waals surface area (Å²) in [6, 6.07) is 31.0. The van der Waals surface area contributed by atoms with Gasteiger partial charge in [-0.25, -0.2) is 0 Å². The predicted molar refractivity (Wildman–Crippen MR) is 108 cm³/mol. The van der Waals surface area contributed by atoms with Crippen LogP contribution in [0.3, 0.4) is 0 Å². The molecule has 0 aliphatic rings. The van der Waals surface area contributed by atoms with Crippen molar-refractivity contribution in [3.05, 3.63) is 96.6 Å². The van der Waals surface area contributed by atoms with E-state index in [1.54, 1.807) is 0 Å². The summed E-state index contributed by atoms with van der Waals surface area (Å²) in [7, 11) is 0. The van der Waals surface area contributed by atoms with Gasteiger partial charge in [-0.2, -0.15) is 0 Å². The maximum atomic E-state index is 6.43. The number of hydrogen-bond acceptors (Lipinski definition) is 1. The van der Waals surface area contributed by atoms with Crippen molar-refractivity contribution in [1.29, 1.82) is 0 Å². The van der Waals surface area contributed by atoms with Gasteiger partial charge in [-0.05, 0) is 5.56 Å². The first-order valence-corrected chi connectivity index (χ1v) is 9.38. The average Bonchev–Trinajstić information content (AvgIpc) is 3.09. The number of alkyl halides is 1. The normalized spacial score (nSPS) is 10.8. The lowest BCUT2D eigenvalue weighted by Crippen LogP contribution is -1.86. The molecule has 1 heterocycles. The van der Waals surface area contributed by atoms with Gasteiger partial charge in [0.2, 0.25) is 0 Å². The molecule has 1 aromatic heterocycles. The Morgan fingerprint density at radius 1 is 0.560 bits per heavy atom. The van der Waals surface area contributed by atoms with Crippen LogP contribution in [0.4, 0.5) is 0 Å². The van der Waals surface area contributed by atoms with Crippen molar-refractivity contribution in [2.75, 3.05) is 0 Å². The van der Waals surface area contributed by atoms with Gasteiger partial charge < -0.3 is 4.42 Å². The quantitative estimate of drug-likeness (QED) is 0.337. The van der Waals surface area contributed by atoms with Gasteiger partial charge in [-0.1, -0.05) is 107 Å². The molecule has 4 rings (SSSR count). The summed E-state index contributed by atoms with van der Waals surface area (Å²) in [5.41, 5.74) is 5.68. The lowest BCUT2D eigenvalue weighted by molar-refractivity contribution is 0.596. The first-order chi connectivity index (χ1) is 12.4. The molecule has 0 N–H and O–H groups in total. The Kier molecular flexibility index (Phi) is 4.53. The third kappa shape index (κ3) is 3.06. The maximum Gasteiger partial charge on any atom is 0.142 e. The summed E-state index contributed by atoms with van der Waals surface area (Å²) in [5, 5.41) is 0.734. The number of furan rings is 1. The van der Waals surface area contributed by atoms with Crippen molar-refractivity contribution in [3.63, 3.8) is 0 Å². The van der Waals surface area contributed by atoms with Gasteiger partial charge in [-0.3, -0.25) is 0 Å². The number of halogens is 1. The number of hydrogen-bond donors (Lipinski definition) is 0. The summed E-state index contributed by atoms with van der Waals surface area (Å²) in [6.07, 6.45) is 0. The molecule has 25 heavy (non-hydrogen) atoms. The molecule has 0 saturated heterocycles. The lowest BCUT2D eigenvalue weighted by atomic mass is 9.96. The Morgan fingerprint density at radius 2 is 1.00 bits per heavy atom. The van der Waals surface area contributed by atoms with E-state index in [1.165, 1.54) is 11.1 Å². The van der Waals surface area contributed by atoms with E-state index in [0.717, 1.165) is 33.5 Å². The Balaban J connectivity index is 2.02. The molecule has 0 bridgehead atoms. The van der Waals surface area contributed by atoms with Gasteiger partial charge >= 0.3 is 0 Å². The molecule has 0 unspecified atom stereocenters. The minimum atomic E-state index is 0.734. The third-order valence-corrected chi connectivity index (χ3v) is 4.84. The van der Waals surface area contributed by atoms with E-state index >= 15 is 0 Å². The van der Waals surface area contributed by atoms with Crippen molar-refractivity contribution < 1.29 is 4.42 Å². The second-order valence-corrected chi connectivity index (χ2v) is 6.41. The summed E-state index contributed by atoms with van der Waals surface area (Å²) in [5.74, 6) is 1.84. The Hall–Kier alpha value is -2.58. The summed E-state index contributed by atoms with van der Waals surface area (Å²) < 4.78 is 6.43. The average molecular weight is 389 g/mol. The van der Waals surface area contributed by atoms with Crippen molar-refractivity contribution >= 4 is 15.9 Å². The molecule has 0 aliphatic heterocycles. The number of benzene rings is 3. The molecule has 0 saturated carbocycles. The monoisotopic (exact) mass is 388 g/mol. The highest BCUT2D eigenvalue weighted by Gasteiger charge is 2.22. The molecule has 0 atom stereocenters. The fraction of sp³-hybridized carbons (Fsp3) is 0.0435. The molecule has 0 aliphatic carbocycles. The smallest absolute Gasteiger partial charge is 0.142 e. The molecule has 0 spiro atoms. The molecular weight excluding hydrogens is 372 g/mol. The fourth-order valence-corrected chi connectivity index (χ4v) is 3.65. The second kappa shape index (κ2) is 7.12. The van der Waals surface area contributed by atoms with Crippen LogP contribution in [0.25, 0.3) is 33.8 Å². The van der Waals surface area contributed by atoms with E-state index in [1.807, 2.05) is 42.5 Å². The SMILES string of the molecule is BrCc1c(-c2ccccc2)oc(-c2ccccc2)c1-c1ccccc1. The van der Waals surface area contributed by atoms with Gasteiger partial charge in [0.25, 0.3) is 0 Å². The zero-order chi connectivity index (χ0) is 17.1. The number of rotatable bonds is 4. The van der Waals surface area contributed by atoms with Crippen LogP contribution in [-0.4, -0.2) is 0 Å². The molecule has 122 valence electrons. The van der Waals surface area contributed by atoms with E-state index < -0.39 is 0 Å². The first kappa shape index (κ1) is 15.9. The standard InChI is InChI=1S/C23H17BrO/c24-16-20-21(17-10-4-1-5-11-17)23(19-14-8-3-9-15-19)25-22(20)18-12-6-2-7-13-18/h1-15H,16H2. The minimum absolute atomic E-state index is 0.734. The van der Waals surface area contributed by atoms with E-state index in [0.29, 0.717) is 0 Å². The van der Waals surface area contributed by atoms with Crippen molar-refractivity contribution in [1.82, 2.24) is 0 Å². The first-order valence-electron chi connectivity index (χ1n) is 8.26. The highest BCUT2D eigenvalue weighted by atomic mass is 79.9. The molecule has 0 amide bonds. The van der Waals surface area contributed by atoms with Crippen LogP contribution in [0.5, 0.6) is 0 Å².